The van der Waals surface area contributed by atoms with Gasteiger partial charge in [-0.3, -0.25) is 19.8 Å². The van der Waals surface area contributed by atoms with Crippen LogP contribution >= 0.6 is 0 Å². The zero-order chi connectivity index (χ0) is 21.8. The Morgan fingerprint density at radius 1 is 0.844 bits per heavy atom. The lowest BCUT2D eigenvalue weighted by molar-refractivity contribution is -0.122. The van der Waals surface area contributed by atoms with Crippen molar-refractivity contribution in [1.29, 1.82) is 0 Å². The Morgan fingerprint density at radius 3 is 2.44 bits per heavy atom. The van der Waals surface area contributed by atoms with E-state index in [1.807, 2.05) is 35.1 Å². The van der Waals surface area contributed by atoms with Crippen LogP contribution in [-0.4, -0.2) is 72.7 Å². The summed E-state index contributed by atoms with van der Waals surface area (Å²) in [5, 5.41) is 1.14. The van der Waals surface area contributed by atoms with Crippen LogP contribution in [0.2, 0.25) is 0 Å². The summed E-state index contributed by atoms with van der Waals surface area (Å²) >= 11 is 0. The number of rotatable bonds is 6. The van der Waals surface area contributed by atoms with E-state index >= 15 is 0 Å². The molecule has 6 nitrogen and oxygen atoms in total. The fourth-order valence-corrected chi connectivity index (χ4v) is 5.01. The van der Waals surface area contributed by atoms with Gasteiger partial charge >= 0.3 is 0 Å². The first-order valence-corrected chi connectivity index (χ1v) is 11.9. The predicted molar refractivity (Wildman–Crippen MR) is 131 cm³/mol. The minimum atomic E-state index is 0.0554. The molecule has 0 bridgehead atoms. The number of piperazine rings is 1. The number of aromatic nitrogens is 1. The second kappa shape index (κ2) is 9.76. The van der Waals surface area contributed by atoms with Crippen molar-refractivity contribution >= 4 is 22.5 Å². The van der Waals surface area contributed by atoms with Crippen molar-refractivity contribution in [2.24, 2.45) is 5.92 Å². The van der Waals surface area contributed by atoms with E-state index in [4.69, 9.17) is 0 Å². The van der Waals surface area contributed by atoms with Crippen LogP contribution in [-0.2, 0) is 4.79 Å². The zero-order valence-corrected chi connectivity index (χ0v) is 18.7. The summed E-state index contributed by atoms with van der Waals surface area (Å²) in [5.41, 5.74) is 5.49. The van der Waals surface area contributed by atoms with Gasteiger partial charge < -0.3 is 9.80 Å². The van der Waals surface area contributed by atoms with Gasteiger partial charge in [0, 0.05) is 63.1 Å². The fraction of sp³-hybridized carbons (Fsp3) is 0.423. The molecule has 0 radical (unpaired) electrons. The first kappa shape index (κ1) is 21.0. The maximum Gasteiger partial charge on any atom is 0.243 e. The largest absolute Gasteiger partial charge is 0.369 e. The van der Waals surface area contributed by atoms with Crippen LogP contribution in [0.5, 0.6) is 0 Å². The number of benzene rings is 2. The third-order valence-corrected chi connectivity index (χ3v) is 6.93. The molecule has 1 unspecified atom stereocenters. The van der Waals surface area contributed by atoms with Crippen LogP contribution in [0.3, 0.4) is 0 Å². The first-order chi connectivity index (χ1) is 15.8. The Bertz CT molecular complexity index is 1020. The van der Waals surface area contributed by atoms with Gasteiger partial charge in [-0.1, -0.05) is 36.4 Å². The topological polar surface area (TPSA) is 43.8 Å². The summed E-state index contributed by atoms with van der Waals surface area (Å²) in [5.74, 6) is 0.187. The maximum atomic E-state index is 13.0. The number of carbonyl (C=O) groups excluding carboxylic acids is 1. The number of nitrogens with zero attached hydrogens (tertiary/aromatic N) is 4. The molecular formula is C26H33N5O. The van der Waals surface area contributed by atoms with Gasteiger partial charge in [-0.05, 0) is 43.7 Å². The second-order valence-corrected chi connectivity index (χ2v) is 9.02. The highest BCUT2D eigenvalue weighted by atomic mass is 16.2. The fourth-order valence-electron chi connectivity index (χ4n) is 5.01. The van der Waals surface area contributed by atoms with E-state index < -0.39 is 0 Å². The van der Waals surface area contributed by atoms with E-state index in [1.54, 1.807) is 0 Å². The lowest BCUT2D eigenvalue weighted by Gasteiger charge is -2.38. The highest BCUT2D eigenvalue weighted by Crippen LogP contribution is 2.19. The third-order valence-electron chi connectivity index (χ3n) is 6.93. The molecule has 1 aromatic heterocycles. The molecule has 2 aromatic carbocycles. The number of amides is 1. The molecule has 0 aliphatic carbocycles. The molecule has 2 aliphatic rings. The number of hydrogen-bond donors (Lipinski definition) is 1. The number of para-hydroxylation sites is 2. The molecule has 0 spiro atoms. The Kier molecular flexibility index (Phi) is 6.41. The average Bonchev–Trinajstić information content (AvgIpc) is 3.26. The zero-order valence-electron chi connectivity index (χ0n) is 18.7. The van der Waals surface area contributed by atoms with Gasteiger partial charge in [0.15, 0.2) is 0 Å². The highest BCUT2D eigenvalue weighted by molar-refractivity contribution is 5.89. The Hall–Kier alpha value is -2.83. The molecule has 5 rings (SSSR count). The average molecular weight is 432 g/mol. The Balaban J connectivity index is 1.09. The van der Waals surface area contributed by atoms with Crippen LogP contribution in [0.25, 0.3) is 10.9 Å². The molecule has 6 heteroatoms. The summed E-state index contributed by atoms with van der Waals surface area (Å²) in [6.07, 6.45) is 4.00. The summed E-state index contributed by atoms with van der Waals surface area (Å²) in [4.78, 5) is 20.5. The molecule has 32 heavy (non-hydrogen) atoms. The van der Waals surface area contributed by atoms with Crippen molar-refractivity contribution < 1.29 is 4.79 Å². The molecule has 1 amide bonds. The quantitative estimate of drug-likeness (QED) is 0.651. The van der Waals surface area contributed by atoms with Gasteiger partial charge in [0.2, 0.25) is 5.91 Å². The molecule has 1 atom stereocenters. The maximum absolute atomic E-state index is 13.0. The summed E-state index contributed by atoms with van der Waals surface area (Å²) in [6, 6.07) is 20.9. The lowest BCUT2D eigenvalue weighted by Crippen LogP contribution is -2.50. The summed E-state index contributed by atoms with van der Waals surface area (Å²) in [7, 11) is 0. The van der Waals surface area contributed by atoms with Gasteiger partial charge in [0.05, 0.1) is 11.4 Å². The smallest absolute Gasteiger partial charge is 0.243 e. The van der Waals surface area contributed by atoms with Crippen molar-refractivity contribution in [3.8, 4) is 0 Å². The molecule has 3 aromatic rings. The molecule has 2 fully saturated rings. The van der Waals surface area contributed by atoms with E-state index in [0.29, 0.717) is 0 Å². The molecule has 0 saturated carbocycles. The van der Waals surface area contributed by atoms with Gasteiger partial charge in [0.1, 0.15) is 0 Å². The van der Waals surface area contributed by atoms with Gasteiger partial charge in [-0.15, -0.1) is 0 Å². The van der Waals surface area contributed by atoms with Crippen molar-refractivity contribution in [1.82, 2.24) is 14.5 Å². The number of carbonyl (C=O) groups is 1. The molecule has 1 N–H and O–H groups in total. The van der Waals surface area contributed by atoms with Gasteiger partial charge in [-0.2, -0.15) is 0 Å². The summed E-state index contributed by atoms with van der Waals surface area (Å²) in [6.45, 7) is 8.45. The third kappa shape index (κ3) is 4.81. The monoisotopic (exact) mass is 431 g/mol. The van der Waals surface area contributed by atoms with Crippen molar-refractivity contribution in [3.05, 3.63) is 66.9 Å². The van der Waals surface area contributed by atoms with Crippen molar-refractivity contribution in [2.45, 2.75) is 12.8 Å². The van der Waals surface area contributed by atoms with Crippen LogP contribution in [0.15, 0.2) is 66.9 Å². The summed E-state index contributed by atoms with van der Waals surface area (Å²) < 4.78 is 1.86. The highest BCUT2D eigenvalue weighted by Gasteiger charge is 2.27. The molecular weight excluding hydrogens is 398 g/mol. The van der Waals surface area contributed by atoms with Crippen molar-refractivity contribution in [2.75, 3.05) is 62.7 Å². The Labute approximate surface area is 190 Å². The van der Waals surface area contributed by atoms with E-state index in [9.17, 15) is 4.79 Å². The second-order valence-electron chi connectivity index (χ2n) is 9.02. The van der Waals surface area contributed by atoms with E-state index in [1.165, 1.54) is 5.69 Å². The lowest BCUT2D eigenvalue weighted by atomic mass is 9.97. The van der Waals surface area contributed by atoms with E-state index in [2.05, 4.69) is 56.5 Å². The number of fused-ring (bicyclic) bond motifs is 1. The normalized spacial score (nSPS) is 20.5. The number of likely N-dealkylation sites (tertiary alicyclic amines) is 1. The molecule has 3 heterocycles. The van der Waals surface area contributed by atoms with Gasteiger partial charge in [0.25, 0.3) is 0 Å². The number of piperidine rings is 1. The number of hydrogen-bond acceptors (Lipinski definition) is 4. The number of nitrogens with one attached hydrogen (secondary N) is 1. The standard InChI is InChI=1S/C26H33N5O/c32-26(27-31-14-12-22-7-4-5-11-25(22)31)23-8-6-13-29(21-23)16-15-28-17-19-30(20-18-28)24-9-2-1-3-10-24/h1-5,7,9-12,14,23H,6,8,13,15-21H2,(H,27,32). The molecule has 168 valence electrons. The minimum absolute atomic E-state index is 0.0554. The minimum Gasteiger partial charge on any atom is -0.369 e. The Morgan fingerprint density at radius 2 is 1.59 bits per heavy atom. The van der Waals surface area contributed by atoms with Gasteiger partial charge in [-0.25, -0.2) is 0 Å². The van der Waals surface area contributed by atoms with Crippen LogP contribution in [0.4, 0.5) is 5.69 Å². The van der Waals surface area contributed by atoms with E-state index in [0.717, 1.165) is 76.1 Å². The van der Waals surface area contributed by atoms with E-state index in [-0.39, 0.29) is 11.8 Å². The molecule has 2 aliphatic heterocycles. The first-order valence-electron chi connectivity index (χ1n) is 11.9. The number of anilines is 1. The predicted octanol–water partition coefficient (Wildman–Crippen LogP) is 3.25. The van der Waals surface area contributed by atoms with Crippen molar-refractivity contribution in [3.63, 3.8) is 0 Å². The molecule has 2 saturated heterocycles. The van der Waals surface area contributed by atoms with Crippen LogP contribution < -0.4 is 10.3 Å². The van der Waals surface area contributed by atoms with Crippen LogP contribution in [0.1, 0.15) is 12.8 Å². The van der Waals surface area contributed by atoms with Crippen LogP contribution in [0, 0.1) is 5.92 Å². The SMILES string of the molecule is O=C(Nn1ccc2ccccc21)C1CCCN(CCN2CCN(c3ccccc3)CC2)C1.